The first-order valence-corrected chi connectivity index (χ1v) is 9.12. The quantitative estimate of drug-likeness (QED) is 0.742. The third-order valence-electron chi connectivity index (χ3n) is 4.01. The molecule has 1 saturated carbocycles. The van der Waals surface area contributed by atoms with Crippen LogP contribution < -0.4 is 10.1 Å². The third-order valence-corrected chi connectivity index (χ3v) is 6.34. The summed E-state index contributed by atoms with van der Waals surface area (Å²) in [5.41, 5.74) is 0. The van der Waals surface area contributed by atoms with E-state index < -0.39 is 10.0 Å². The topological polar surface area (TPSA) is 75.7 Å². The number of sulfonamides is 1. The lowest BCUT2D eigenvalue weighted by Gasteiger charge is -2.37. The number of benzene rings is 1. The lowest BCUT2D eigenvalue weighted by molar-refractivity contribution is -0.128. The van der Waals surface area contributed by atoms with Crippen molar-refractivity contribution in [2.24, 2.45) is 5.92 Å². The fraction of sp³-hybridized carbons (Fsp3) is 0.533. The van der Waals surface area contributed by atoms with Gasteiger partial charge in [0, 0.05) is 13.1 Å². The highest BCUT2D eigenvalue weighted by Crippen LogP contribution is 2.34. The molecule has 0 unspecified atom stereocenters. The van der Waals surface area contributed by atoms with Gasteiger partial charge in [-0.3, -0.25) is 4.79 Å². The molecule has 0 bridgehead atoms. The second kappa shape index (κ2) is 6.45. The van der Waals surface area contributed by atoms with Gasteiger partial charge in [0.05, 0.1) is 17.7 Å². The summed E-state index contributed by atoms with van der Waals surface area (Å²) in [4.78, 5) is 11.9. The van der Waals surface area contributed by atoms with E-state index in [0.29, 0.717) is 12.3 Å². The summed E-state index contributed by atoms with van der Waals surface area (Å²) >= 11 is 0. The van der Waals surface area contributed by atoms with Gasteiger partial charge in [0.2, 0.25) is 15.9 Å². The molecule has 0 atom stereocenters. The second-order valence-electron chi connectivity index (χ2n) is 5.85. The molecule has 0 spiro atoms. The lowest BCUT2D eigenvalue weighted by Crippen LogP contribution is -2.56. The van der Waals surface area contributed by atoms with Crippen LogP contribution in [0.1, 0.15) is 12.8 Å². The summed E-state index contributed by atoms with van der Waals surface area (Å²) in [6.45, 7) is 1.13. The predicted molar refractivity (Wildman–Crippen MR) is 81.9 cm³/mol. The fourth-order valence-corrected chi connectivity index (χ4v) is 4.34. The number of hydrogen-bond acceptors (Lipinski definition) is 4. The van der Waals surface area contributed by atoms with Crippen molar-refractivity contribution in [3.05, 3.63) is 30.1 Å². The van der Waals surface area contributed by atoms with Crippen molar-refractivity contribution < 1.29 is 22.3 Å². The van der Waals surface area contributed by atoms with E-state index in [1.807, 2.05) is 0 Å². The van der Waals surface area contributed by atoms with Gasteiger partial charge in [-0.15, -0.1) is 0 Å². The Balaban J connectivity index is 1.34. The van der Waals surface area contributed by atoms with Crippen LogP contribution in [0.5, 0.6) is 5.75 Å². The minimum atomic E-state index is -3.16. The Bertz CT molecular complexity index is 667. The summed E-state index contributed by atoms with van der Waals surface area (Å²) in [6, 6.07) is 5.64. The zero-order valence-corrected chi connectivity index (χ0v) is 13.4. The van der Waals surface area contributed by atoms with Crippen molar-refractivity contribution in [1.82, 2.24) is 9.62 Å². The predicted octanol–water partition coefficient (Wildman–Crippen LogP) is 0.745. The van der Waals surface area contributed by atoms with Crippen LogP contribution >= 0.6 is 0 Å². The number of hydrogen-bond donors (Lipinski definition) is 1. The fourth-order valence-electron chi connectivity index (χ4n) is 2.41. The molecular weight excluding hydrogens is 323 g/mol. The molecule has 2 aliphatic rings. The van der Waals surface area contributed by atoms with Crippen LogP contribution in [0.3, 0.4) is 0 Å². The van der Waals surface area contributed by atoms with E-state index in [4.69, 9.17) is 4.74 Å². The largest absolute Gasteiger partial charge is 0.492 e. The monoisotopic (exact) mass is 342 g/mol. The Labute approximate surface area is 134 Å². The van der Waals surface area contributed by atoms with Crippen molar-refractivity contribution in [2.45, 2.75) is 18.1 Å². The average molecular weight is 342 g/mol. The minimum Gasteiger partial charge on any atom is -0.492 e. The van der Waals surface area contributed by atoms with E-state index in [1.165, 1.54) is 28.6 Å². The molecule has 1 aliphatic heterocycles. The van der Waals surface area contributed by atoms with Gasteiger partial charge in [-0.2, -0.15) is 4.31 Å². The molecule has 1 aromatic carbocycles. The third kappa shape index (κ3) is 3.81. The minimum absolute atomic E-state index is 0.157. The zero-order chi connectivity index (χ0) is 16.4. The van der Waals surface area contributed by atoms with Crippen molar-refractivity contribution in [1.29, 1.82) is 0 Å². The molecule has 1 heterocycles. The van der Waals surface area contributed by atoms with Crippen LogP contribution in [0.2, 0.25) is 0 Å². The van der Waals surface area contributed by atoms with E-state index >= 15 is 0 Å². The van der Waals surface area contributed by atoms with Gasteiger partial charge in [-0.25, -0.2) is 12.8 Å². The molecule has 3 rings (SSSR count). The van der Waals surface area contributed by atoms with Gasteiger partial charge < -0.3 is 10.1 Å². The van der Waals surface area contributed by atoms with Crippen LogP contribution in [0.4, 0.5) is 4.39 Å². The number of carbonyl (C=O) groups excluding carboxylic acids is 1. The van der Waals surface area contributed by atoms with E-state index in [0.717, 1.165) is 12.8 Å². The summed E-state index contributed by atoms with van der Waals surface area (Å²) in [5.74, 6) is -0.239. The molecule has 0 radical (unpaired) electrons. The first kappa shape index (κ1) is 16.2. The molecule has 0 aromatic heterocycles. The van der Waals surface area contributed by atoms with Gasteiger partial charge in [-0.1, -0.05) is 0 Å². The molecule has 1 N–H and O–H groups in total. The van der Waals surface area contributed by atoms with Crippen molar-refractivity contribution in [2.75, 3.05) is 26.2 Å². The van der Waals surface area contributed by atoms with Crippen molar-refractivity contribution in [3.63, 3.8) is 0 Å². The van der Waals surface area contributed by atoms with Crippen LogP contribution in [-0.2, 0) is 14.8 Å². The first-order valence-electron chi connectivity index (χ1n) is 7.62. The molecule has 8 heteroatoms. The van der Waals surface area contributed by atoms with Crippen LogP contribution in [0.15, 0.2) is 24.3 Å². The SMILES string of the molecule is O=C(NCCOc1ccc(F)cc1)C1CN(S(=O)(=O)C2CC2)C1. The summed E-state index contributed by atoms with van der Waals surface area (Å²) in [7, 11) is -3.16. The van der Waals surface area contributed by atoms with Gasteiger partial charge in [0.1, 0.15) is 18.2 Å². The van der Waals surface area contributed by atoms with Crippen LogP contribution in [0.25, 0.3) is 0 Å². The number of nitrogens with zero attached hydrogens (tertiary/aromatic N) is 1. The van der Waals surface area contributed by atoms with Crippen LogP contribution in [0, 0.1) is 11.7 Å². The highest BCUT2D eigenvalue weighted by molar-refractivity contribution is 7.90. The Kier molecular flexibility index (Phi) is 4.54. The molecule has 126 valence electrons. The molecule has 1 saturated heterocycles. The number of nitrogens with one attached hydrogen (secondary N) is 1. The highest BCUT2D eigenvalue weighted by Gasteiger charge is 2.46. The summed E-state index contributed by atoms with van der Waals surface area (Å²) in [6.07, 6.45) is 1.47. The maximum Gasteiger partial charge on any atom is 0.225 e. The Hall–Kier alpha value is -1.67. The van der Waals surface area contributed by atoms with Crippen LogP contribution in [-0.4, -0.2) is 50.1 Å². The standard InChI is InChI=1S/C15H19FN2O4S/c16-12-1-3-13(4-2-12)22-8-7-17-15(19)11-9-18(10-11)23(20,21)14-5-6-14/h1-4,11,14H,5-10H2,(H,17,19). The number of ether oxygens (including phenoxy) is 1. The van der Waals surface area contributed by atoms with Gasteiger partial charge >= 0.3 is 0 Å². The smallest absolute Gasteiger partial charge is 0.225 e. The molecular formula is C15H19FN2O4S. The molecule has 1 aromatic rings. The first-order chi connectivity index (χ1) is 11.0. The van der Waals surface area contributed by atoms with Crippen molar-refractivity contribution >= 4 is 15.9 Å². The molecule has 2 fully saturated rings. The van der Waals surface area contributed by atoms with E-state index in [9.17, 15) is 17.6 Å². The maximum atomic E-state index is 12.7. The normalized spacial score (nSPS) is 19.2. The number of amides is 1. The molecule has 6 nitrogen and oxygen atoms in total. The number of rotatable bonds is 7. The number of carbonyl (C=O) groups is 1. The molecule has 1 amide bonds. The number of halogens is 1. The van der Waals surface area contributed by atoms with Gasteiger partial charge in [-0.05, 0) is 37.1 Å². The summed E-state index contributed by atoms with van der Waals surface area (Å²) in [5, 5.41) is 2.50. The Morgan fingerprint density at radius 2 is 1.91 bits per heavy atom. The highest BCUT2D eigenvalue weighted by atomic mass is 32.2. The van der Waals surface area contributed by atoms with E-state index in [2.05, 4.69) is 5.32 Å². The average Bonchev–Trinajstić information content (AvgIpc) is 3.28. The van der Waals surface area contributed by atoms with Crippen molar-refractivity contribution in [3.8, 4) is 5.75 Å². The molecule has 23 heavy (non-hydrogen) atoms. The second-order valence-corrected chi connectivity index (χ2v) is 8.06. The van der Waals surface area contributed by atoms with E-state index in [1.54, 1.807) is 0 Å². The van der Waals surface area contributed by atoms with Gasteiger partial charge in [0.15, 0.2) is 0 Å². The van der Waals surface area contributed by atoms with E-state index in [-0.39, 0.29) is 42.6 Å². The Morgan fingerprint density at radius 1 is 1.26 bits per heavy atom. The molecule has 1 aliphatic carbocycles. The maximum absolute atomic E-state index is 12.7. The zero-order valence-electron chi connectivity index (χ0n) is 12.6. The summed E-state index contributed by atoms with van der Waals surface area (Å²) < 4.78 is 43.4. The Morgan fingerprint density at radius 3 is 2.52 bits per heavy atom. The lowest BCUT2D eigenvalue weighted by atomic mass is 10.0. The van der Waals surface area contributed by atoms with Gasteiger partial charge in [0.25, 0.3) is 0 Å².